The average Bonchev–Trinajstić information content (AvgIpc) is 2.94. The van der Waals surface area contributed by atoms with Crippen LogP contribution in [-0.4, -0.2) is 0 Å². The van der Waals surface area contributed by atoms with Crippen molar-refractivity contribution in [3.05, 3.63) is 69.7 Å². The minimum atomic E-state index is 0.111. The summed E-state index contributed by atoms with van der Waals surface area (Å²) in [5.74, 6) is 0. The Morgan fingerprint density at radius 1 is 0.920 bits per heavy atom. The number of benzene rings is 3. The molecule has 0 N–H and O–H groups in total. The smallest absolute Gasteiger partial charge is 0.143 e. The molecule has 25 heavy (non-hydrogen) atoms. The van der Waals surface area contributed by atoms with Crippen molar-refractivity contribution in [1.82, 2.24) is 0 Å². The maximum absolute atomic E-state index is 6.41. The zero-order valence-corrected chi connectivity index (χ0v) is 16.7. The topological polar surface area (TPSA) is 13.1 Å². The molecule has 3 heteroatoms. The summed E-state index contributed by atoms with van der Waals surface area (Å²) in [4.78, 5) is 0. The Kier molecular flexibility index (Phi) is 3.93. The second-order valence-corrected chi connectivity index (χ2v) is 8.60. The largest absolute Gasteiger partial charge is 0.455 e. The third kappa shape index (κ3) is 2.78. The zero-order chi connectivity index (χ0) is 17.8. The maximum Gasteiger partial charge on any atom is 0.143 e. The van der Waals surface area contributed by atoms with Crippen molar-refractivity contribution in [2.45, 2.75) is 26.2 Å². The molecule has 0 atom stereocenters. The molecule has 1 heterocycles. The van der Waals surface area contributed by atoms with Crippen molar-refractivity contribution in [2.75, 3.05) is 0 Å². The molecule has 3 aromatic carbocycles. The van der Waals surface area contributed by atoms with Gasteiger partial charge in [-0.25, -0.2) is 0 Å². The summed E-state index contributed by atoms with van der Waals surface area (Å²) >= 11 is 10.2. The predicted molar refractivity (Wildman–Crippen MR) is 111 cm³/mol. The highest BCUT2D eigenvalue weighted by molar-refractivity contribution is 9.10. The van der Waals surface area contributed by atoms with Gasteiger partial charge in [0, 0.05) is 20.8 Å². The van der Waals surface area contributed by atoms with Gasteiger partial charge < -0.3 is 4.42 Å². The number of para-hydroxylation sites is 1. The Hall–Kier alpha value is -1.77. The van der Waals surface area contributed by atoms with Crippen LogP contribution in [0.2, 0.25) is 5.02 Å². The van der Waals surface area contributed by atoms with Gasteiger partial charge in [0.05, 0.1) is 5.02 Å². The van der Waals surface area contributed by atoms with Crippen LogP contribution in [0.5, 0.6) is 0 Å². The van der Waals surface area contributed by atoms with Gasteiger partial charge in [0.15, 0.2) is 0 Å². The Balaban J connectivity index is 1.99. The number of fused-ring (bicyclic) bond motifs is 3. The molecule has 0 amide bonds. The maximum atomic E-state index is 6.41. The number of furan rings is 1. The van der Waals surface area contributed by atoms with Crippen LogP contribution in [0.25, 0.3) is 33.1 Å². The first-order valence-corrected chi connectivity index (χ1v) is 9.43. The number of hydrogen-bond acceptors (Lipinski definition) is 1. The average molecular weight is 414 g/mol. The molecule has 1 aromatic heterocycles. The standard InChI is InChI=1S/C22H18BrClO/c1-22(2,3)13-10-11-14(17(23)12-13)15-6-4-7-16-20-18(24)8-5-9-19(20)25-21(15)16/h4-12H,1-3H3. The van der Waals surface area contributed by atoms with Gasteiger partial charge in [0.2, 0.25) is 0 Å². The predicted octanol–water partition coefficient (Wildman–Crippen LogP) is 7.97. The Morgan fingerprint density at radius 2 is 1.68 bits per heavy atom. The summed E-state index contributed by atoms with van der Waals surface area (Å²) in [6.45, 7) is 6.66. The van der Waals surface area contributed by atoms with Crippen molar-refractivity contribution in [1.29, 1.82) is 0 Å². The molecule has 0 spiro atoms. The second-order valence-electron chi connectivity index (χ2n) is 7.34. The quantitative estimate of drug-likeness (QED) is 0.308. The van der Waals surface area contributed by atoms with E-state index in [4.69, 9.17) is 16.0 Å². The molecule has 1 nitrogen and oxygen atoms in total. The fourth-order valence-corrected chi connectivity index (χ4v) is 4.08. The van der Waals surface area contributed by atoms with E-state index < -0.39 is 0 Å². The summed E-state index contributed by atoms with van der Waals surface area (Å²) in [5.41, 5.74) is 5.28. The van der Waals surface area contributed by atoms with Crippen LogP contribution in [0.1, 0.15) is 26.3 Å². The monoisotopic (exact) mass is 412 g/mol. The summed E-state index contributed by atoms with van der Waals surface area (Å²) in [6.07, 6.45) is 0. The third-order valence-electron chi connectivity index (χ3n) is 4.60. The highest BCUT2D eigenvalue weighted by atomic mass is 79.9. The van der Waals surface area contributed by atoms with E-state index in [0.29, 0.717) is 0 Å². The lowest BCUT2D eigenvalue weighted by atomic mass is 9.86. The molecule has 0 bridgehead atoms. The lowest BCUT2D eigenvalue weighted by Crippen LogP contribution is -2.10. The third-order valence-corrected chi connectivity index (χ3v) is 5.57. The highest BCUT2D eigenvalue weighted by Gasteiger charge is 2.18. The van der Waals surface area contributed by atoms with Crippen molar-refractivity contribution >= 4 is 49.5 Å². The molecular weight excluding hydrogens is 396 g/mol. The molecular formula is C22H18BrClO. The normalized spacial score (nSPS) is 12.2. The minimum absolute atomic E-state index is 0.111. The van der Waals surface area contributed by atoms with Crippen LogP contribution in [-0.2, 0) is 5.41 Å². The first-order chi connectivity index (χ1) is 11.9. The zero-order valence-electron chi connectivity index (χ0n) is 14.4. The molecule has 0 fully saturated rings. The van der Waals surface area contributed by atoms with Crippen molar-refractivity contribution in [3.63, 3.8) is 0 Å². The summed E-state index contributed by atoms with van der Waals surface area (Å²) in [6, 6.07) is 18.5. The van der Waals surface area contributed by atoms with Crippen LogP contribution in [0.15, 0.2) is 63.5 Å². The van der Waals surface area contributed by atoms with Gasteiger partial charge in [0.25, 0.3) is 0 Å². The molecule has 0 unspecified atom stereocenters. The molecule has 126 valence electrons. The fourth-order valence-electron chi connectivity index (χ4n) is 3.22. The molecule has 4 aromatic rings. The fraction of sp³-hybridized carbons (Fsp3) is 0.182. The van der Waals surface area contributed by atoms with Gasteiger partial charge >= 0.3 is 0 Å². The first kappa shape index (κ1) is 16.7. The van der Waals surface area contributed by atoms with Crippen LogP contribution >= 0.6 is 27.5 Å². The van der Waals surface area contributed by atoms with E-state index in [9.17, 15) is 0 Å². The molecule has 4 rings (SSSR count). The lowest BCUT2D eigenvalue weighted by Gasteiger charge is -2.20. The Morgan fingerprint density at radius 3 is 2.40 bits per heavy atom. The van der Waals surface area contributed by atoms with Gasteiger partial charge in [-0.3, -0.25) is 0 Å². The lowest BCUT2D eigenvalue weighted by molar-refractivity contribution is 0.590. The van der Waals surface area contributed by atoms with E-state index in [-0.39, 0.29) is 5.41 Å². The second kappa shape index (κ2) is 5.89. The highest BCUT2D eigenvalue weighted by Crippen LogP contribution is 2.41. The van der Waals surface area contributed by atoms with Gasteiger partial charge in [-0.15, -0.1) is 0 Å². The van der Waals surface area contributed by atoms with Gasteiger partial charge in [-0.2, -0.15) is 0 Å². The van der Waals surface area contributed by atoms with Gasteiger partial charge in [0.1, 0.15) is 11.2 Å². The summed E-state index contributed by atoms with van der Waals surface area (Å²) in [7, 11) is 0. The first-order valence-electron chi connectivity index (χ1n) is 8.26. The number of hydrogen-bond donors (Lipinski definition) is 0. The van der Waals surface area contributed by atoms with Crippen molar-refractivity contribution < 1.29 is 4.42 Å². The molecule has 0 radical (unpaired) electrons. The molecule has 0 saturated carbocycles. The molecule has 0 saturated heterocycles. The Labute approximate surface area is 160 Å². The molecule has 0 aliphatic heterocycles. The Bertz CT molecular complexity index is 1100. The summed E-state index contributed by atoms with van der Waals surface area (Å²) < 4.78 is 7.23. The van der Waals surface area contributed by atoms with E-state index in [2.05, 4.69) is 73.1 Å². The van der Waals surface area contributed by atoms with Crippen molar-refractivity contribution in [2.24, 2.45) is 0 Å². The molecule has 0 aliphatic carbocycles. The minimum Gasteiger partial charge on any atom is -0.455 e. The molecule has 0 aliphatic rings. The van der Waals surface area contributed by atoms with Crippen LogP contribution in [0.3, 0.4) is 0 Å². The van der Waals surface area contributed by atoms with E-state index >= 15 is 0 Å². The van der Waals surface area contributed by atoms with Crippen LogP contribution in [0, 0.1) is 0 Å². The van der Waals surface area contributed by atoms with Crippen LogP contribution < -0.4 is 0 Å². The van der Waals surface area contributed by atoms with Crippen LogP contribution in [0.4, 0.5) is 0 Å². The van der Waals surface area contributed by atoms with Crippen molar-refractivity contribution in [3.8, 4) is 11.1 Å². The summed E-state index contributed by atoms with van der Waals surface area (Å²) in [5, 5.41) is 2.74. The number of rotatable bonds is 1. The van der Waals surface area contributed by atoms with E-state index in [0.717, 1.165) is 42.6 Å². The van der Waals surface area contributed by atoms with Gasteiger partial charge in [-0.1, -0.05) is 84.7 Å². The van der Waals surface area contributed by atoms with E-state index in [1.54, 1.807) is 0 Å². The number of halogens is 2. The van der Waals surface area contributed by atoms with E-state index in [1.807, 2.05) is 18.2 Å². The van der Waals surface area contributed by atoms with Gasteiger partial charge in [-0.05, 0) is 34.7 Å². The van der Waals surface area contributed by atoms with E-state index in [1.165, 1.54) is 5.56 Å². The SMILES string of the molecule is CC(C)(C)c1ccc(-c2cccc3c2oc2cccc(Cl)c23)c(Br)c1.